The molecule has 0 aromatic heterocycles. The molecule has 5 heteroatoms. The van der Waals surface area contributed by atoms with Gasteiger partial charge in [0.05, 0.1) is 51.8 Å². The number of aryl methyl sites for hydroxylation is 2. The van der Waals surface area contributed by atoms with Crippen LogP contribution in [0.1, 0.15) is 47.6 Å². The maximum atomic E-state index is 6.76. The SMILES string of the molecule is COc1cccc2c1OC1(CC[NH+](C)CC1)N1N=C(c3cc(C)ccc3C)C[C@@H]21. The Hall–Kier alpha value is -2.53. The van der Waals surface area contributed by atoms with Gasteiger partial charge in [0.2, 0.25) is 5.72 Å². The number of quaternary nitrogens is 1. The van der Waals surface area contributed by atoms with Crippen LogP contribution in [-0.2, 0) is 0 Å². The van der Waals surface area contributed by atoms with E-state index in [1.165, 1.54) is 28.0 Å². The first-order valence-corrected chi connectivity index (χ1v) is 10.6. The average molecular weight is 393 g/mol. The number of hydrogen-bond donors (Lipinski definition) is 1. The number of benzene rings is 2. The molecule has 1 spiro atoms. The van der Waals surface area contributed by atoms with Gasteiger partial charge in [0.25, 0.3) is 0 Å². The van der Waals surface area contributed by atoms with Gasteiger partial charge in [-0.05, 0) is 31.5 Å². The van der Waals surface area contributed by atoms with E-state index in [9.17, 15) is 0 Å². The average Bonchev–Trinajstić information content (AvgIpc) is 3.18. The molecule has 0 amide bonds. The van der Waals surface area contributed by atoms with Gasteiger partial charge in [-0.2, -0.15) is 5.10 Å². The summed E-state index contributed by atoms with van der Waals surface area (Å²) >= 11 is 0. The molecule has 152 valence electrons. The lowest BCUT2D eigenvalue weighted by molar-refractivity contribution is -0.888. The first kappa shape index (κ1) is 18.5. The molecule has 5 nitrogen and oxygen atoms in total. The molecule has 0 aliphatic carbocycles. The zero-order valence-electron chi connectivity index (χ0n) is 17.8. The van der Waals surface area contributed by atoms with Crippen LogP contribution in [0.2, 0.25) is 0 Å². The van der Waals surface area contributed by atoms with Gasteiger partial charge in [-0.25, -0.2) is 5.01 Å². The number of ether oxygens (including phenoxy) is 2. The molecular formula is C24H30N3O2+. The predicted octanol–water partition coefficient (Wildman–Crippen LogP) is 2.86. The number of rotatable bonds is 2. The third kappa shape index (κ3) is 2.91. The standard InChI is InChI=1S/C24H29N3O2/c1-16-8-9-17(2)19(14-16)20-15-21-18-6-5-7-22(28-4)23(18)29-24(27(21)25-20)10-12-26(3)13-11-24/h5-9,14,21H,10-13,15H2,1-4H3/p+1/t21-/m0/s1. The molecule has 1 N–H and O–H groups in total. The number of hydrogen-bond acceptors (Lipinski definition) is 4. The molecule has 3 aliphatic heterocycles. The number of nitrogens with one attached hydrogen (secondary N) is 1. The van der Waals surface area contributed by atoms with E-state index in [2.05, 4.69) is 56.2 Å². The number of fused-ring (bicyclic) bond motifs is 4. The van der Waals surface area contributed by atoms with Crippen LogP contribution in [0.4, 0.5) is 0 Å². The van der Waals surface area contributed by atoms with E-state index in [0.29, 0.717) is 0 Å². The van der Waals surface area contributed by atoms with Crippen LogP contribution in [-0.4, -0.2) is 43.7 Å². The van der Waals surface area contributed by atoms with Crippen molar-refractivity contribution in [3.8, 4) is 11.5 Å². The number of para-hydroxylation sites is 1. The van der Waals surface area contributed by atoms with Gasteiger partial charge in [0.15, 0.2) is 11.5 Å². The Bertz CT molecular complexity index is 976. The molecule has 0 bridgehead atoms. The van der Waals surface area contributed by atoms with E-state index < -0.39 is 0 Å². The molecule has 29 heavy (non-hydrogen) atoms. The van der Waals surface area contributed by atoms with Gasteiger partial charge in [-0.1, -0.05) is 29.8 Å². The Morgan fingerprint density at radius 2 is 1.97 bits per heavy atom. The summed E-state index contributed by atoms with van der Waals surface area (Å²) < 4.78 is 12.4. The van der Waals surface area contributed by atoms with E-state index in [4.69, 9.17) is 14.6 Å². The molecule has 2 aromatic carbocycles. The lowest BCUT2D eigenvalue weighted by atomic mass is 9.90. The molecule has 5 rings (SSSR count). The lowest BCUT2D eigenvalue weighted by Crippen LogP contribution is -3.11. The van der Waals surface area contributed by atoms with E-state index in [0.717, 1.165) is 43.9 Å². The summed E-state index contributed by atoms with van der Waals surface area (Å²) in [5, 5.41) is 7.50. The van der Waals surface area contributed by atoms with Crippen molar-refractivity contribution in [2.45, 2.75) is 44.9 Å². The Morgan fingerprint density at radius 1 is 1.17 bits per heavy atom. The summed E-state index contributed by atoms with van der Waals surface area (Å²) in [7, 11) is 3.99. The molecule has 0 saturated carbocycles. The highest BCUT2D eigenvalue weighted by atomic mass is 16.5. The minimum atomic E-state index is -0.384. The number of methoxy groups -OCH3 is 1. The summed E-state index contributed by atoms with van der Waals surface area (Å²) in [6.07, 6.45) is 2.84. The van der Waals surface area contributed by atoms with Crippen molar-refractivity contribution in [1.82, 2.24) is 5.01 Å². The first-order chi connectivity index (χ1) is 14.0. The fourth-order valence-corrected chi connectivity index (χ4v) is 5.04. The Labute approximate surface area is 172 Å². The minimum absolute atomic E-state index is 0.196. The highest BCUT2D eigenvalue weighted by Crippen LogP contribution is 2.52. The fraction of sp³-hybridized carbons (Fsp3) is 0.458. The second-order valence-corrected chi connectivity index (χ2v) is 8.81. The largest absolute Gasteiger partial charge is 0.493 e. The topological polar surface area (TPSA) is 38.5 Å². The second-order valence-electron chi connectivity index (χ2n) is 8.81. The van der Waals surface area contributed by atoms with Crippen LogP contribution in [0, 0.1) is 13.8 Å². The van der Waals surface area contributed by atoms with Crippen molar-refractivity contribution < 1.29 is 14.4 Å². The smallest absolute Gasteiger partial charge is 0.209 e. The highest BCUT2D eigenvalue weighted by molar-refractivity contribution is 6.03. The highest BCUT2D eigenvalue weighted by Gasteiger charge is 2.53. The molecule has 0 radical (unpaired) electrons. The number of piperidine rings is 1. The maximum absolute atomic E-state index is 6.76. The van der Waals surface area contributed by atoms with E-state index >= 15 is 0 Å². The van der Waals surface area contributed by atoms with Gasteiger partial charge in [-0.3, -0.25) is 0 Å². The van der Waals surface area contributed by atoms with Crippen molar-refractivity contribution in [3.05, 3.63) is 58.7 Å². The molecule has 3 heterocycles. The van der Waals surface area contributed by atoms with Crippen molar-refractivity contribution in [2.24, 2.45) is 5.10 Å². The summed E-state index contributed by atoms with van der Waals surface area (Å²) in [6.45, 7) is 6.50. The van der Waals surface area contributed by atoms with Gasteiger partial charge in [-0.15, -0.1) is 0 Å². The predicted molar refractivity (Wildman–Crippen MR) is 114 cm³/mol. The maximum Gasteiger partial charge on any atom is 0.209 e. The van der Waals surface area contributed by atoms with E-state index in [1.54, 1.807) is 12.0 Å². The molecule has 0 unspecified atom stereocenters. The Balaban J connectivity index is 1.63. The van der Waals surface area contributed by atoms with Gasteiger partial charge >= 0.3 is 0 Å². The number of likely N-dealkylation sites (tertiary alicyclic amines) is 1. The van der Waals surface area contributed by atoms with Gasteiger partial charge in [0, 0.05) is 17.5 Å². The summed E-state index contributed by atoms with van der Waals surface area (Å²) in [5.74, 6) is 1.74. The summed E-state index contributed by atoms with van der Waals surface area (Å²) in [5.41, 5.74) is 5.78. The zero-order chi connectivity index (χ0) is 20.2. The van der Waals surface area contributed by atoms with Crippen molar-refractivity contribution in [3.63, 3.8) is 0 Å². The molecule has 1 saturated heterocycles. The van der Waals surface area contributed by atoms with Crippen LogP contribution in [0.15, 0.2) is 41.5 Å². The lowest BCUT2D eigenvalue weighted by Gasteiger charge is -2.49. The monoisotopic (exact) mass is 392 g/mol. The van der Waals surface area contributed by atoms with Crippen LogP contribution in [0.3, 0.4) is 0 Å². The van der Waals surface area contributed by atoms with Crippen LogP contribution < -0.4 is 14.4 Å². The first-order valence-electron chi connectivity index (χ1n) is 10.6. The Morgan fingerprint density at radius 3 is 2.72 bits per heavy atom. The van der Waals surface area contributed by atoms with Crippen molar-refractivity contribution in [2.75, 3.05) is 27.2 Å². The van der Waals surface area contributed by atoms with Crippen molar-refractivity contribution >= 4 is 5.71 Å². The fourth-order valence-electron chi connectivity index (χ4n) is 5.04. The third-order valence-electron chi connectivity index (χ3n) is 6.80. The molecule has 1 fully saturated rings. The van der Waals surface area contributed by atoms with Crippen molar-refractivity contribution in [1.29, 1.82) is 0 Å². The van der Waals surface area contributed by atoms with Crippen LogP contribution in [0.5, 0.6) is 11.5 Å². The van der Waals surface area contributed by atoms with Crippen LogP contribution in [0.25, 0.3) is 0 Å². The number of nitrogens with zero attached hydrogens (tertiary/aromatic N) is 2. The summed E-state index contributed by atoms with van der Waals surface area (Å²) in [4.78, 5) is 1.56. The second kappa shape index (κ2) is 6.77. The van der Waals surface area contributed by atoms with E-state index in [-0.39, 0.29) is 11.8 Å². The molecule has 3 aliphatic rings. The Kier molecular flexibility index (Phi) is 4.32. The summed E-state index contributed by atoms with van der Waals surface area (Å²) in [6, 6.07) is 13.1. The number of hydrazone groups is 1. The normalized spacial score (nSPS) is 27.9. The van der Waals surface area contributed by atoms with Gasteiger partial charge in [0.1, 0.15) is 0 Å². The van der Waals surface area contributed by atoms with E-state index in [1.807, 2.05) is 6.07 Å². The molecular weight excluding hydrogens is 362 g/mol. The third-order valence-corrected chi connectivity index (χ3v) is 6.80. The molecule has 1 atom stereocenters. The zero-order valence-corrected chi connectivity index (χ0v) is 17.8. The van der Waals surface area contributed by atoms with Gasteiger partial charge < -0.3 is 14.4 Å². The quantitative estimate of drug-likeness (QED) is 0.854. The molecule has 2 aromatic rings. The minimum Gasteiger partial charge on any atom is -0.493 e. The van der Waals surface area contributed by atoms with Crippen LogP contribution >= 0.6 is 0 Å².